The van der Waals surface area contributed by atoms with Gasteiger partial charge in [0.05, 0.1) is 13.0 Å². The van der Waals surface area contributed by atoms with Crippen LogP contribution in [0.5, 0.6) is 5.75 Å². The fraction of sp³-hybridized carbons (Fsp3) is 0.385. The fourth-order valence-corrected chi connectivity index (χ4v) is 1.28. The van der Waals surface area contributed by atoms with Crippen molar-refractivity contribution in [2.45, 2.75) is 19.8 Å². The Balaban J connectivity index is 2.39. The Kier molecular flexibility index (Phi) is 5.70. The molecular weight excluding hydrogens is 236 g/mol. The lowest BCUT2D eigenvalue weighted by Gasteiger charge is -2.06. The van der Waals surface area contributed by atoms with Gasteiger partial charge in [-0.2, -0.15) is 0 Å². The van der Waals surface area contributed by atoms with Gasteiger partial charge in [-0.1, -0.05) is 19.1 Å². The largest absolute Gasteiger partial charge is 0.482 e. The second-order valence-electron chi connectivity index (χ2n) is 3.72. The highest BCUT2D eigenvalue weighted by molar-refractivity contribution is 5.71. The van der Waals surface area contributed by atoms with Crippen molar-refractivity contribution in [3.63, 3.8) is 0 Å². The molecule has 0 fully saturated rings. The van der Waals surface area contributed by atoms with Gasteiger partial charge in [-0.05, 0) is 24.1 Å². The number of carboxylic acids is 1. The Morgan fingerprint density at radius 2 is 1.89 bits per heavy atom. The molecule has 0 amide bonds. The summed E-state index contributed by atoms with van der Waals surface area (Å²) in [5.74, 6) is -0.782. The molecule has 0 bridgehead atoms. The minimum absolute atomic E-state index is 0.0289. The highest BCUT2D eigenvalue weighted by Gasteiger charge is 2.04. The summed E-state index contributed by atoms with van der Waals surface area (Å²) in [6.45, 7) is 2.16. The van der Waals surface area contributed by atoms with Gasteiger partial charge in [-0.25, -0.2) is 4.79 Å². The summed E-state index contributed by atoms with van der Waals surface area (Å²) in [5, 5.41) is 8.60. The number of aliphatic carboxylic acids is 1. The number of ether oxygens (including phenoxy) is 2. The molecule has 0 unspecified atom stereocenters. The number of hydrogen-bond acceptors (Lipinski definition) is 4. The molecule has 0 radical (unpaired) electrons. The Labute approximate surface area is 105 Å². The molecule has 0 spiro atoms. The molecule has 1 aromatic carbocycles. The Bertz CT molecular complexity index is 396. The van der Waals surface area contributed by atoms with E-state index in [1.807, 2.05) is 6.92 Å². The summed E-state index contributed by atoms with van der Waals surface area (Å²) in [7, 11) is 0. The van der Waals surface area contributed by atoms with Crippen LogP contribution >= 0.6 is 0 Å². The number of esters is 1. The van der Waals surface area contributed by atoms with E-state index >= 15 is 0 Å². The first-order valence-corrected chi connectivity index (χ1v) is 5.71. The Morgan fingerprint density at radius 1 is 1.22 bits per heavy atom. The third kappa shape index (κ3) is 5.34. The second-order valence-corrected chi connectivity index (χ2v) is 3.72. The Hall–Kier alpha value is -2.04. The molecule has 5 nitrogen and oxygen atoms in total. The first-order chi connectivity index (χ1) is 8.61. The number of hydrogen-bond donors (Lipinski definition) is 1. The van der Waals surface area contributed by atoms with Crippen LogP contribution in [0.4, 0.5) is 0 Å². The minimum Gasteiger partial charge on any atom is -0.482 e. The van der Waals surface area contributed by atoms with E-state index in [0.717, 1.165) is 6.42 Å². The van der Waals surface area contributed by atoms with Gasteiger partial charge in [0.2, 0.25) is 0 Å². The SMILES string of the molecule is CCCOC(=O)COc1ccc(CC(=O)O)cc1. The predicted octanol–water partition coefficient (Wildman–Crippen LogP) is 1.65. The van der Waals surface area contributed by atoms with Crippen LogP contribution in [0.2, 0.25) is 0 Å². The minimum atomic E-state index is -0.883. The monoisotopic (exact) mass is 252 g/mol. The number of benzene rings is 1. The third-order valence-corrected chi connectivity index (χ3v) is 2.10. The number of rotatable bonds is 7. The molecule has 0 saturated carbocycles. The molecule has 1 aromatic rings. The lowest BCUT2D eigenvalue weighted by atomic mass is 10.1. The molecule has 0 atom stereocenters. The zero-order valence-electron chi connectivity index (χ0n) is 10.2. The highest BCUT2D eigenvalue weighted by atomic mass is 16.6. The maximum absolute atomic E-state index is 11.2. The summed E-state index contributed by atoms with van der Waals surface area (Å²) >= 11 is 0. The molecule has 0 aliphatic rings. The van der Waals surface area contributed by atoms with Crippen molar-refractivity contribution < 1.29 is 24.2 Å². The van der Waals surface area contributed by atoms with Crippen molar-refractivity contribution in [2.24, 2.45) is 0 Å². The normalized spacial score (nSPS) is 9.83. The fourth-order valence-electron chi connectivity index (χ4n) is 1.28. The maximum atomic E-state index is 11.2. The van der Waals surface area contributed by atoms with E-state index in [0.29, 0.717) is 17.9 Å². The predicted molar refractivity (Wildman–Crippen MR) is 64.5 cm³/mol. The summed E-state index contributed by atoms with van der Waals surface area (Å²) in [4.78, 5) is 21.6. The van der Waals surface area contributed by atoms with Gasteiger partial charge in [0.25, 0.3) is 0 Å². The van der Waals surface area contributed by atoms with Gasteiger partial charge in [0.15, 0.2) is 6.61 Å². The van der Waals surface area contributed by atoms with Gasteiger partial charge in [-0.3, -0.25) is 4.79 Å². The molecule has 0 saturated heterocycles. The van der Waals surface area contributed by atoms with E-state index in [-0.39, 0.29) is 13.0 Å². The van der Waals surface area contributed by atoms with Crippen LogP contribution < -0.4 is 4.74 Å². The van der Waals surface area contributed by atoms with Crippen LogP contribution in [0.3, 0.4) is 0 Å². The molecule has 0 aliphatic carbocycles. The molecule has 5 heteroatoms. The van der Waals surface area contributed by atoms with Crippen molar-refractivity contribution in [2.75, 3.05) is 13.2 Å². The second kappa shape index (κ2) is 7.32. The lowest BCUT2D eigenvalue weighted by Crippen LogP contribution is -2.15. The average molecular weight is 252 g/mol. The molecule has 1 N–H and O–H groups in total. The van der Waals surface area contributed by atoms with Gasteiger partial charge in [0, 0.05) is 0 Å². The molecular formula is C13H16O5. The number of carboxylic acid groups (broad SMARTS) is 1. The van der Waals surface area contributed by atoms with Crippen LogP contribution in [0.1, 0.15) is 18.9 Å². The van der Waals surface area contributed by atoms with Crippen LogP contribution in [0, 0.1) is 0 Å². The van der Waals surface area contributed by atoms with Crippen molar-refractivity contribution in [1.82, 2.24) is 0 Å². The maximum Gasteiger partial charge on any atom is 0.344 e. The van der Waals surface area contributed by atoms with Crippen LogP contribution in [-0.4, -0.2) is 30.3 Å². The molecule has 98 valence electrons. The number of carbonyl (C=O) groups excluding carboxylic acids is 1. The molecule has 1 rings (SSSR count). The van der Waals surface area contributed by atoms with E-state index in [1.54, 1.807) is 24.3 Å². The molecule has 0 aromatic heterocycles. The zero-order valence-corrected chi connectivity index (χ0v) is 10.2. The summed E-state index contributed by atoms with van der Waals surface area (Å²) < 4.78 is 10.1. The lowest BCUT2D eigenvalue weighted by molar-refractivity contribution is -0.146. The molecule has 18 heavy (non-hydrogen) atoms. The van der Waals surface area contributed by atoms with Crippen molar-refractivity contribution >= 4 is 11.9 Å². The van der Waals surface area contributed by atoms with Crippen molar-refractivity contribution in [3.05, 3.63) is 29.8 Å². The zero-order chi connectivity index (χ0) is 13.4. The highest BCUT2D eigenvalue weighted by Crippen LogP contribution is 2.12. The first kappa shape index (κ1) is 14.0. The summed E-state index contributed by atoms with van der Waals surface area (Å²) in [6.07, 6.45) is 0.744. The molecule has 0 heterocycles. The molecule has 0 aliphatic heterocycles. The van der Waals surface area contributed by atoms with Crippen molar-refractivity contribution in [3.8, 4) is 5.75 Å². The van der Waals surface area contributed by atoms with E-state index in [4.69, 9.17) is 14.6 Å². The van der Waals surface area contributed by atoms with Crippen LogP contribution in [0.25, 0.3) is 0 Å². The average Bonchev–Trinajstić information content (AvgIpc) is 2.35. The van der Waals surface area contributed by atoms with Gasteiger partial charge < -0.3 is 14.6 Å². The van der Waals surface area contributed by atoms with Gasteiger partial charge >= 0.3 is 11.9 Å². The van der Waals surface area contributed by atoms with E-state index < -0.39 is 11.9 Å². The smallest absolute Gasteiger partial charge is 0.344 e. The first-order valence-electron chi connectivity index (χ1n) is 5.71. The Morgan fingerprint density at radius 3 is 2.44 bits per heavy atom. The van der Waals surface area contributed by atoms with E-state index in [1.165, 1.54) is 0 Å². The topological polar surface area (TPSA) is 72.8 Å². The summed E-state index contributed by atoms with van der Waals surface area (Å²) in [5.41, 5.74) is 0.684. The number of carbonyl (C=O) groups is 2. The quantitative estimate of drug-likeness (QED) is 0.747. The van der Waals surface area contributed by atoms with E-state index in [9.17, 15) is 9.59 Å². The van der Waals surface area contributed by atoms with Crippen LogP contribution in [-0.2, 0) is 20.7 Å². The van der Waals surface area contributed by atoms with Gasteiger partial charge in [-0.15, -0.1) is 0 Å². The van der Waals surface area contributed by atoms with Crippen molar-refractivity contribution in [1.29, 1.82) is 0 Å². The van der Waals surface area contributed by atoms with Crippen LogP contribution in [0.15, 0.2) is 24.3 Å². The summed E-state index contributed by atoms with van der Waals surface area (Å²) in [6, 6.07) is 6.57. The third-order valence-electron chi connectivity index (χ3n) is 2.10. The standard InChI is InChI=1S/C13H16O5/c1-2-7-17-13(16)9-18-11-5-3-10(4-6-11)8-12(14)15/h3-6H,2,7-9H2,1H3,(H,14,15). The van der Waals surface area contributed by atoms with E-state index in [2.05, 4.69) is 0 Å². The van der Waals surface area contributed by atoms with Gasteiger partial charge in [0.1, 0.15) is 5.75 Å².